The summed E-state index contributed by atoms with van der Waals surface area (Å²) < 4.78 is 10.1. The van der Waals surface area contributed by atoms with Crippen LogP contribution in [0.1, 0.15) is 0 Å². The monoisotopic (exact) mass is 211 g/mol. The van der Waals surface area contributed by atoms with Crippen LogP contribution in [0.3, 0.4) is 0 Å². The lowest BCUT2D eigenvalue weighted by Crippen LogP contribution is -2.10. The maximum atomic E-state index is 10.3. The Labute approximate surface area is 87.6 Å². The number of ether oxygens (including phenoxy) is 2. The van der Waals surface area contributed by atoms with Crippen molar-refractivity contribution in [3.05, 3.63) is 18.2 Å². The van der Waals surface area contributed by atoms with Gasteiger partial charge in [0.05, 0.1) is 7.11 Å². The third-order valence-corrected chi connectivity index (χ3v) is 1.80. The van der Waals surface area contributed by atoms with Crippen LogP contribution in [0, 0.1) is 0 Å². The maximum absolute atomic E-state index is 10.3. The van der Waals surface area contributed by atoms with Crippen LogP contribution in [0.4, 0.5) is 5.69 Å². The Kier molecular flexibility index (Phi) is 3.79. The molecule has 1 rings (SSSR count). The van der Waals surface area contributed by atoms with E-state index in [9.17, 15) is 4.79 Å². The Morgan fingerprint density at radius 1 is 1.47 bits per heavy atom. The van der Waals surface area contributed by atoms with Gasteiger partial charge in [-0.1, -0.05) is 0 Å². The molecule has 0 fully saturated rings. The topological polar surface area (TPSA) is 67.8 Å². The molecule has 15 heavy (non-hydrogen) atoms. The van der Waals surface area contributed by atoms with E-state index < -0.39 is 5.97 Å². The van der Waals surface area contributed by atoms with Gasteiger partial charge in [0.25, 0.3) is 0 Å². The number of aliphatic carboxylic acids is 1. The summed E-state index contributed by atoms with van der Waals surface area (Å²) in [5.74, 6) is -0.100. The summed E-state index contributed by atoms with van der Waals surface area (Å²) in [5.41, 5.74) is 0.870. The summed E-state index contributed by atoms with van der Waals surface area (Å²) in [6.07, 6.45) is 0. The number of hydrogen-bond acceptors (Lipinski definition) is 4. The van der Waals surface area contributed by atoms with E-state index in [1.54, 1.807) is 25.2 Å². The predicted molar refractivity (Wildman–Crippen MR) is 55.7 cm³/mol. The molecule has 1 aromatic carbocycles. The first-order valence-corrected chi connectivity index (χ1v) is 4.37. The molecule has 0 radical (unpaired) electrons. The zero-order chi connectivity index (χ0) is 11.3. The van der Waals surface area contributed by atoms with E-state index in [-0.39, 0.29) is 6.61 Å². The Balaban J connectivity index is 2.82. The second-order valence-electron chi connectivity index (χ2n) is 2.80. The smallest absolute Gasteiger partial charge is 0.341 e. The third-order valence-electron chi connectivity index (χ3n) is 1.80. The number of anilines is 1. The average molecular weight is 211 g/mol. The van der Waals surface area contributed by atoms with E-state index >= 15 is 0 Å². The molecule has 0 amide bonds. The largest absolute Gasteiger partial charge is 0.493 e. The highest BCUT2D eigenvalue weighted by Gasteiger charge is 2.06. The average Bonchev–Trinajstić information content (AvgIpc) is 2.25. The molecule has 5 nitrogen and oxygen atoms in total. The fraction of sp³-hybridized carbons (Fsp3) is 0.300. The molecule has 82 valence electrons. The molecule has 0 spiro atoms. The van der Waals surface area contributed by atoms with E-state index in [0.717, 1.165) is 5.69 Å². The highest BCUT2D eigenvalue weighted by atomic mass is 16.5. The molecule has 0 atom stereocenters. The van der Waals surface area contributed by atoms with E-state index in [0.29, 0.717) is 11.5 Å². The Morgan fingerprint density at radius 2 is 2.20 bits per heavy atom. The first kappa shape index (κ1) is 11.2. The van der Waals surface area contributed by atoms with Crippen molar-refractivity contribution in [1.29, 1.82) is 0 Å². The molecule has 1 aromatic rings. The Bertz CT molecular complexity index is 351. The van der Waals surface area contributed by atoms with Gasteiger partial charge < -0.3 is 19.9 Å². The molecule has 0 bridgehead atoms. The summed E-state index contributed by atoms with van der Waals surface area (Å²) in [7, 11) is 3.29. The summed E-state index contributed by atoms with van der Waals surface area (Å²) in [6.45, 7) is -0.380. The molecule has 0 aliphatic carbocycles. The summed E-state index contributed by atoms with van der Waals surface area (Å²) >= 11 is 0. The lowest BCUT2D eigenvalue weighted by atomic mass is 10.3. The van der Waals surface area contributed by atoms with E-state index in [2.05, 4.69) is 5.32 Å². The van der Waals surface area contributed by atoms with Crippen LogP contribution in [-0.2, 0) is 4.79 Å². The van der Waals surface area contributed by atoms with Crippen LogP contribution >= 0.6 is 0 Å². The maximum Gasteiger partial charge on any atom is 0.341 e. The zero-order valence-corrected chi connectivity index (χ0v) is 8.61. The molecule has 0 heterocycles. The van der Waals surface area contributed by atoms with Crippen molar-refractivity contribution < 1.29 is 19.4 Å². The van der Waals surface area contributed by atoms with Gasteiger partial charge in [-0.25, -0.2) is 4.79 Å². The van der Waals surface area contributed by atoms with Gasteiger partial charge in [0, 0.05) is 18.8 Å². The van der Waals surface area contributed by atoms with Crippen LogP contribution in [0.15, 0.2) is 18.2 Å². The molecular weight excluding hydrogens is 198 g/mol. The number of carbonyl (C=O) groups is 1. The van der Waals surface area contributed by atoms with Crippen molar-refractivity contribution in [2.24, 2.45) is 0 Å². The molecule has 0 saturated heterocycles. The van der Waals surface area contributed by atoms with E-state index in [1.807, 2.05) is 0 Å². The minimum Gasteiger partial charge on any atom is -0.493 e. The van der Waals surface area contributed by atoms with Crippen LogP contribution in [0.25, 0.3) is 0 Å². The standard InChI is InChI=1S/C10H13NO4/c1-11-7-3-4-8(9(5-7)14-2)15-6-10(12)13/h3-5,11H,6H2,1-2H3,(H,12,13). The van der Waals surface area contributed by atoms with Crippen molar-refractivity contribution in [2.45, 2.75) is 0 Å². The molecule has 0 aromatic heterocycles. The number of rotatable bonds is 5. The van der Waals surface area contributed by atoms with Crippen LogP contribution in [0.2, 0.25) is 0 Å². The first-order chi connectivity index (χ1) is 7.17. The van der Waals surface area contributed by atoms with Crippen molar-refractivity contribution in [2.75, 3.05) is 26.1 Å². The third kappa shape index (κ3) is 3.05. The minimum absolute atomic E-state index is 0.380. The molecule has 0 unspecified atom stereocenters. The fourth-order valence-corrected chi connectivity index (χ4v) is 1.08. The quantitative estimate of drug-likeness (QED) is 0.766. The Hall–Kier alpha value is -1.91. The minimum atomic E-state index is -1.02. The van der Waals surface area contributed by atoms with Crippen molar-refractivity contribution in [3.8, 4) is 11.5 Å². The fourth-order valence-electron chi connectivity index (χ4n) is 1.08. The second kappa shape index (κ2) is 5.09. The van der Waals surface area contributed by atoms with Crippen molar-refractivity contribution in [3.63, 3.8) is 0 Å². The van der Waals surface area contributed by atoms with Gasteiger partial charge in [-0.3, -0.25) is 0 Å². The molecule has 2 N–H and O–H groups in total. The van der Waals surface area contributed by atoms with Gasteiger partial charge in [0.2, 0.25) is 0 Å². The number of carboxylic acid groups (broad SMARTS) is 1. The van der Waals surface area contributed by atoms with Crippen LogP contribution in [-0.4, -0.2) is 31.8 Å². The number of carboxylic acids is 1. The lowest BCUT2D eigenvalue weighted by Gasteiger charge is -2.10. The van der Waals surface area contributed by atoms with Gasteiger partial charge >= 0.3 is 5.97 Å². The number of hydrogen-bond donors (Lipinski definition) is 2. The number of nitrogens with one attached hydrogen (secondary N) is 1. The molecule has 0 saturated carbocycles. The van der Waals surface area contributed by atoms with Gasteiger partial charge in [-0.05, 0) is 12.1 Å². The first-order valence-electron chi connectivity index (χ1n) is 4.37. The number of methoxy groups -OCH3 is 1. The highest BCUT2D eigenvalue weighted by molar-refractivity contribution is 5.68. The summed E-state index contributed by atoms with van der Waals surface area (Å²) in [6, 6.07) is 5.17. The SMILES string of the molecule is CNc1ccc(OCC(=O)O)c(OC)c1. The molecule has 0 aliphatic heterocycles. The molecule has 0 aliphatic rings. The molecular formula is C10H13NO4. The second-order valence-corrected chi connectivity index (χ2v) is 2.80. The highest BCUT2D eigenvalue weighted by Crippen LogP contribution is 2.29. The lowest BCUT2D eigenvalue weighted by molar-refractivity contribution is -0.139. The van der Waals surface area contributed by atoms with Crippen molar-refractivity contribution >= 4 is 11.7 Å². The Morgan fingerprint density at radius 3 is 2.73 bits per heavy atom. The van der Waals surface area contributed by atoms with E-state index in [1.165, 1.54) is 7.11 Å². The van der Waals surface area contributed by atoms with Gasteiger partial charge in [-0.2, -0.15) is 0 Å². The van der Waals surface area contributed by atoms with Crippen molar-refractivity contribution in [1.82, 2.24) is 0 Å². The van der Waals surface area contributed by atoms with Gasteiger partial charge in [-0.15, -0.1) is 0 Å². The van der Waals surface area contributed by atoms with Gasteiger partial charge in [0.1, 0.15) is 0 Å². The summed E-state index contributed by atoms with van der Waals surface area (Å²) in [4.78, 5) is 10.3. The van der Waals surface area contributed by atoms with Crippen LogP contribution < -0.4 is 14.8 Å². The zero-order valence-electron chi connectivity index (χ0n) is 8.61. The molecule has 5 heteroatoms. The number of benzene rings is 1. The van der Waals surface area contributed by atoms with Gasteiger partial charge in [0.15, 0.2) is 18.1 Å². The van der Waals surface area contributed by atoms with Crippen LogP contribution in [0.5, 0.6) is 11.5 Å². The summed E-state index contributed by atoms with van der Waals surface area (Å²) in [5, 5.41) is 11.4. The predicted octanol–water partition coefficient (Wildman–Crippen LogP) is 1.20. The normalized spacial score (nSPS) is 9.47. The van der Waals surface area contributed by atoms with E-state index in [4.69, 9.17) is 14.6 Å².